The molecule has 3 heterocycles. The zero-order valence-corrected chi connectivity index (χ0v) is 22.4. The maximum atomic E-state index is 14.2. The molecule has 0 aliphatic carbocycles. The predicted molar refractivity (Wildman–Crippen MR) is 133 cm³/mol. The van der Waals surface area contributed by atoms with Gasteiger partial charge in [0.05, 0.1) is 16.2 Å². The van der Waals surface area contributed by atoms with Gasteiger partial charge in [0.2, 0.25) is 0 Å². The minimum atomic E-state index is -4.51. The molecule has 34 heavy (non-hydrogen) atoms. The van der Waals surface area contributed by atoms with Crippen molar-refractivity contribution in [2.75, 3.05) is 26.2 Å². The van der Waals surface area contributed by atoms with E-state index in [0.29, 0.717) is 31.6 Å². The van der Waals surface area contributed by atoms with Crippen molar-refractivity contribution in [1.29, 1.82) is 0 Å². The van der Waals surface area contributed by atoms with Crippen LogP contribution in [0.5, 0.6) is 0 Å². The Labute approximate surface area is 212 Å². The fourth-order valence-corrected chi connectivity index (χ4v) is 9.46. The topological polar surface area (TPSA) is 46.2 Å². The van der Waals surface area contributed by atoms with Gasteiger partial charge in [0, 0.05) is 11.6 Å². The van der Waals surface area contributed by atoms with Crippen LogP contribution in [0, 0.1) is 0 Å². The van der Waals surface area contributed by atoms with E-state index in [0.717, 1.165) is 22.5 Å². The van der Waals surface area contributed by atoms with Crippen LogP contribution in [0.4, 0.5) is 18.9 Å². The number of nitrogens with zero attached hydrogens (tertiary/aromatic N) is 1. The Morgan fingerprint density at radius 3 is 2.29 bits per heavy atom. The number of alkyl halides is 3. The third-order valence-electron chi connectivity index (χ3n) is 7.11. The molecule has 1 N–H and O–H groups in total. The molecule has 1 spiro atoms. The Hall–Kier alpha value is -0.840. The second-order valence-corrected chi connectivity index (χ2v) is 14.7. The number of hydrogen-bond donors (Lipinski definition) is 1. The number of piperidine rings is 1. The van der Waals surface area contributed by atoms with Gasteiger partial charge in [-0.05, 0) is 49.0 Å². The molecule has 2 aromatic rings. The lowest BCUT2D eigenvalue weighted by Gasteiger charge is -2.37. The predicted octanol–water partition coefficient (Wildman–Crippen LogP) is 6.64. The molecule has 1 atom stereocenters. The molecule has 1 aromatic carbocycles. The van der Waals surface area contributed by atoms with Gasteiger partial charge >= 0.3 is 16.2 Å². The summed E-state index contributed by atoms with van der Waals surface area (Å²) in [6, 6.07) is 6.85. The number of fused-ring (bicyclic) bond motifs is 2. The fraction of sp³-hybridized carbons (Fsp3) is 0.565. The minimum absolute atomic E-state index is 0.0337. The number of quaternary nitrogens is 1. The van der Waals surface area contributed by atoms with Gasteiger partial charge < -0.3 is 5.32 Å². The molecular formula is C23H28Cl2F3N2O2S2+. The molecule has 0 amide bonds. The number of sulfonamides is 1. The standard InChI is InChI=1S/C23H28Cl2F3N2O2S2/c1-21(2,3)15-4-5-17-16(12-15)22(6-9-29-10-7-22)14-30(17,11-8-23(26,27)28)34(31,32)18-13-19(24)33-20(18)25/h4-5,12-13,29H,6-11,14H2,1-3H3/q+1. The average Bonchev–Trinajstić information content (AvgIpc) is 3.21. The normalized spacial score (nSPS) is 22.8. The number of hydrogen-bond acceptors (Lipinski definition) is 4. The fourth-order valence-electron chi connectivity index (χ4n) is 5.31. The van der Waals surface area contributed by atoms with E-state index >= 15 is 0 Å². The van der Waals surface area contributed by atoms with E-state index in [1.807, 2.05) is 12.1 Å². The summed E-state index contributed by atoms with van der Waals surface area (Å²) in [5.74, 6) is 0. The Morgan fingerprint density at radius 1 is 1.12 bits per heavy atom. The number of nitrogens with one attached hydrogen (secondary N) is 1. The highest BCUT2D eigenvalue weighted by molar-refractivity contribution is 7.91. The largest absolute Gasteiger partial charge is 0.394 e. The first-order valence-electron chi connectivity index (χ1n) is 11.1. The van der Waals surface area contributed by atoms with Crippen molar-refractivity contribution in [3.63, 3.8) is 0 Å². The highest BCUT2D eigenvalue weighted by Crippen LogP contribution is 2.55. The first-order valence-corrected chi connectivity index (χ1v) is 14.1. The molecule has 1 unspecified atom stereocenters. The number of rotatable bonds is 4. The van der Waals surface area contributed by atoms with Gasteiger partial charge in [-0.25, -0.2) is 0 Å². The van der Waals surface area contributed by atoms with E-state index in [2.05, 4.69) is 26.1 Å². The van der Waals surface area contributed by atoms with Crippen LogP contribution in [0.25, 0.3) is 0 Å². The number of benzene rings is 1. The highest BCUT2D eigenvalue weighted by atomic mass is 35.5. The molecule has 2 aliphatic heterocycles. The van der Waals surface area contributed by atoms with Gasteiger partial charge in [0.1, 0.15) is 17.4 Å². The van der Waals surface area contributed by atoms with Gasteiger partial charge in [-0.2, -0.15) is 25.5 Å². The average molecular weight is 557 g/mol. The zero-order chi connectivity index (χ0) is 25.2. The van der Waals surface area contributed by atoms with Crippen LogP contribution in [0.1, 0.15) is 51.2 Å². The summed E-state index contributed by atoms with van der Waals surface area (Å²) in [4.78, 5) is -0.205. The smallest absolute Gasteiger partial charge is 0.317 e. The number of thiophene rings is 1. The molecule has 4 nitrogen and oxygen atoms in total. The van der Waals surface area contributed by atoms with Gasteiger partial charge in [-0.15, -0.1) is 11.3 Å². The summed E-state index contributed by atoms with van der Waals surface area (Å²) in [6.07, 6.45) is -4.44. The van der Waals surface area contributed by atoms with Crippen LogP contribution < -0.4 is 9.21 Å². The molecule has 1 saturated heterocycles. The lowest BCUT2D eigenvalue weighted by Crippen LogP contribution is -2.57. The molecule has 1 fully saturated rings. The van der Waals surface area contributed by atoms with Crippen LogP contribution in [-0.2, 0) is 20.9 Å². The molecule has 2 aliphatic rings. The van der Waals surface area contributed by atoms with Gasteiger partial charge in [-0.3, -0.25) is 0 Å². The monoisotopic (exact) mass is 555 g/mol. The van der Waals surface area contributed by atoms with Crippen LogP contribution in [0.3, 0.4) is 0 Å². The quantitative estimate of drug-likeness (QED) is 0.430. The maximum absolute atomic E-state index is 14.2. The first-order chi connectivity index (χ1) is 15.6. The number of halogens is 5. The lowest BCUT2D eigenvalue weighted by atomic mass is 9.73. The molecular weight excluding hydrogens is 528 g/mol. The van der Waals surface area contributed by atoms with Crippen LogP contribution in [-0.4, -0.2) is 40.8 Å². The van der Waals surface area contributed by atoms with E-state index in [-0.39, 0.29) is 25.5 Å². The van der Waals surface area contributed by atoms with E-state index < -0.39 is 38.5 Å². The van der Waals surface area contributed by atoms with E-state index in [1.54, 1.807) is 6.07 Å². The highest BCUT2D eigenvalue weighted by Gasteiger charge is 2.61. The summed E-state index contributed by atoms with van der Waals surface area (Å²) in [5.41, 5.74) is 1.53. The third kappa shape index (κ3) is 4.41. The van der Waals surface area contributed by atoms with Crippen molar-refractivity contribution < 1.29 is 21.6 Å². The molecule has 188 valence electrons. The summed E-state index contributed by atoms with van der Waals surface area (Å²) in [7, 11) is -4.36. The molecule has 0 saturated carbocycles. The van der Waals surface area contributed by atoms with Crippen molar-refractivity contribution in [3.8, 4) is 0 Å². The summed E-state index contributed by atoms with van der Waals surface area (Å²) in [5, 5.41) is 3.30. The lowest BCUT2D eigenvalue weighted by molar-refractivity contribution is -0.135. The third-order valence-corrected chi connectivity index (χ3v) is 11.1. The van der Waals surface area contributed by atoms with Crippen molar-refractivity contribution in [1.82, 2.24) is 9.21 Å². The van der Waals surface area contributed by atoms with Gasteiger partial charge in [-0.1, -0.05) is 50.0 Å². The van der Waals surface area contributed by atoms with Crippen molar-refractivity contribution in [3.05, 3.63) is 44.1 Å². The maximum Gasteiger partial charge on any atom is 0.394 e. The Morgan fingerprint density at radius 2 is 1.76 bits per heavy atom. The Bertz CT molecular complexity index is 1200. The van der Waals surface area contributed by atoms with Crippen LogP contribution >= 0.6 is 34.5 Å². The second kappa shape index (κ2) is 8.63. The van der Waals surface area contributed by atoms with Crippen molar-refractivity contribution in [2.45, 2.75) is 61.9 Å². The van der Waals surface area contributed by atoms with Gasteiger partial charge in [0.25, 0.3) is 0 Å². The molecule has 0 radical (unpaired) electrons. The van der Waals surface area contributed by atoms with Gasteiger partial charge in [0.15, 0.2) is 10.6 Å². The SMILES string of the molecule is CC(C)(C)c1ccc2c(c1)C1(CCNCC1)C[N+]2(CCC(F)(F)F)S(=O)(=O)c1cc(Cl)sc1Cl. The van der Waals surface area contributed by atoms with E-state index in [1.165, 1.54) is 6.07 Å². The molecule has 1 aromatic heterocycles. The van der Waals surface area contributed by atoms with E-state index in [4.69, 9.17) is 23.2 Å². The molecule has 0 bridgehead atoms. The van der Waals surface area contributed by atoms with Crippen LogP contribution in [0.2, 0.25) is 8.67 Å². The Kier molecular flexibility index (Phi) is 6.66. The van der Waals surface area contributed by atoms with Crippen LogP contribution in [0.15, 0.2) is 29.2 Å². The summed E-state index contributed by atoms with van der Waals surface area (Å²) < 4.78 is 68.4. The molecule has 4 rings (SSSR count). The Balaban J connectivity index is 2.00. The zero-order valence-electron chi connectivity index (χ0n) is 19.2. The summed E-state index contributed by atoms with van der Waals surface area (Å²) in [6.45, 7) is 6.96. The minimum Gasteiger partial charge on any atom is -0.317 e. The second-order valence-electron chi connectivity index (χ2n) is 10.3. The van der Waals surface area contributed by atoms with E-state index in [9.17, 15) is 21.6 Å². The molecule has 11 heteroatoms. The van der Waals surface area contributed by atoms with Crippen molar-refractivity contribution >= 4 is 50.2 Å². The van der Waals surface area contributed by atoms with Crippen molar-refractivity contribution in [2.24, 2.45) is 0 Å². The first kappa shape index (κ1) is 26.2. The summed E-state index contributed by atoms with van der Waals surface area (Å²) >= 11 is 13.2.